The van der Waals surface area contributed by atoms with Crippen LogP contribution in [0.3, 0.4) is 0 Å². The van der Waals surface area contributed by atoms with Gasteiger partial charge >= 0.3 is 0 Å². The molecule has 4 nitrogen and oxygen atoms in total. The van der Waals surface area contributed by atoms with E-state index in [2.05, 4.69) is 125 Å². The fraction of sp³-hybridized carbons (Fsp3) is 0.111. The van der Waals surface area contributed by atoms with E-state index in [4.69, 9.17) is 4.74 Å². The first-order chi connectivity index (χ1) is 15.9. The molecule has 0 unspecified atom stereocenters. The van der Waals surface area contributed by atoms with Crippen LogP contribution in [-0.2, 0) is 0 Å². The topological polar surface area (TPSA) is 48.5 Å². The Morgan fingerprint density at radius 2 is 0.848 bits per heavy atom. The van der Waals surface area contributed by atoms with Gasteiger partial charge in [0.2, 0.25) is 7.51 Å². The van der Waals surface area contributed by atoms with Gasteiger partial charge in [0.1, 0.15) is 0 Å². The van der Waals surface area contributed by atoms with Crippen molar-refractivity contribution in [2.24, 2.45) is 4.74 Å². The SMILES string of the molecule is Cc1ccc(NP(=Nc2ccc(Br)cc2)(Nc2ccc(C)cc2)Nc2ccc(C)cc2)cc1. The second kappa shape index (κ2) is 10.3. The molecule has 0 aliphatic rings. The first-order valence-corrected chi connectivity index (χ1v) is 13.4. The van der Waals surface area contributed by atoms with E-state index in [0.717, 1.165) is 27.2 Å². The van der Waals surface area contributed by atoms with E-state index in [1.165, 1.54) is 16.7 Å². The van der Waals surface area contributed by atoms with Gasteiger partial charge in [0.05, 0.1) is 5.69 Å². The molecule has 6 heteroatoms. The van der Waals surface area contributed by atoms with Crippen molar-refractivity contribution in [1.29, 1.82) is 0 Å². The number of rotatable bonds is 7. The number of benzene rings is 4. The summed E-state index contributed by atoms with van der Waals surface area (Å²) in [6.45, 7) is 6.27. The second-order valence-corrected chi connectivity index (χ2v) is 11.2. The highest BCUT2D eigenvalue weighted by Gasteiger charge is 2.21. The standard InChI is InChI=1S/C27H28BrN4P/c1-20-4-12-24(13-5-20)29-33(30-25-14-6-21(2)7-15-25,31-26-16-8-22(3)9-17-26)32-27-18-10-23(28)11-19-27/h4-19,29-31H,1-3H3. The average Bonchev–Trinajstić information content (AvgIpc) is 2.80. The first-order valence-electron chi connectivity index (χ1n) is 10.8. The zero-order valence-electron chi connectivity index (χ0n) is 19.0. The summed E-state index contributed by atoms with van der Waals surface area (Å²) in [7, 11) is -2.58. The van der Waals surface area contributed by atoms with Crippen LogP contribution in [0.15, 0.2) is 106 Å². The van der Waals surface area contributed by atoms with Crippen molar-refractivity contribution in [2.45, 2.75) is 20.8 Å². The quantitative estimate of drug-likeness (QED) is 0.213. The van der Waals surface area contributed by atoms with Crippen LogP contribution in [0.5, 0.6) is 0 Å². The van der Waals surface area contributed by atoms with Gasteiger partial charge in [0.15, 0.2) is 0 Å². The summed E-state index contributed by atoms with van der Waals surface area (Å²) < 4.78 is 6.26. The van der Waals surface area contributed by atoms with Gasteiger partial charge in [-0.05, 0) is 81.4 Å². The van der Waals surface area contributed by atoms with Crippen LogP contribution >= 0.6 is 23.4 Å². The zero-order valence-corrected chi connectivity index (χ0v) is 21.5. The number of hydrogen-bond donors (Lipinski definition) is 3. The van der Waals surface area contributed by atoms with Crippen molar-refractivity contribution in [3.63, 3.8) is 0 Å². The van der Waals surface area contributed by atoms with Crippen molar-refractivity contribution < 1.29 is 0 Å². The Hall–Kier alpha value is -3.01. The summed E-state index contributed by atoms with van der Waals surface area (Å²) in [6, 6.07) is 33.2. The van der Waals surface area contributed by atoms with Gasteiger partial charge in [-0.3, -0.25) is 0 Å². The predicted molar refractivity (Wildman–Crippen MR) is 148 cm³/mol. The van der Waals surface area contributed by atoms with Gasteiger partial charge < -0.3 is 15.3 Å². The van der Waals surface area contributed by atoms with Crippen molar-refractivity contribution in [2.75, 3.05) is 15.3 Å². The zero-order chi connectivity index (χ0) is 23.3. The van der Waals surface area contributed by atoms with Gasteiger partial charge in [0.25, 0.3) is 0 Å². The lowest BCUT2D eigenvalue weighted by Crippen LogP contribution is -2.14. The molecule has 0 aliphatic heterocycles. The Morgan fingerprint density at radius 3 is 1.18 bits per heavy atom. The third-order valence-electron chi connectivity index (χ3n) is 5.12. The summed E-state index contributed by atoms with van der Waals surface area (Å²) in [6.07, 6.45) is 0. The first kappa shape index (κ1) is 23.2. The smallest absolute Gasteiger partial charge is 0.241 e. The van der Waals surface area contributed by atoms with Gasteiger partial charge in [-0.25, -0.2) is 4.74 Å². The van der Waals surface area contributed by atoms with E-state index in [1.54, 1.807) is 0 Å². The number of aryl methyl sites for hydroxylation is 3. The number of anilines is 3. The molecular formula is C27H28BrN4P. The Bertz CT molecular complexity index is 1130. The Morgan fingerprint density at radius 1 is 0.515 bits per heavy atom. The maximum atomic E-state index is 5.24. The molecule has 0 spiro atoms. The Balaban J connectivity index is 1.85. The molecule has 4 aromatic rings. The van der Waals surface area contributed by atoms with Crippen molar-refractivity contribution in [3.8, 4) is 0 Å². The molecule has 0 bridgehead atoms. The van der Waals surface area contributed by atoms with Crippen LogP contribution in [0.4, 0.5) is 22.7 Å². The highest BCUT2D eigenvalue weighted by atomic mass is 79.9. The van der Waals surface area contributed by atoms with Crippen molar-refractivity contribution in [3.05, 3.63) is 118 Å². The average molecular weight is 519 g/mol. The van der Waals surface area contributed by atoms with E-state index in [9.17, 15) is 0 Å². The van der Waals surface area contributed by atoms with E-state index < -0.39 is 7.51 Å². The number of nitrogens with zero attached hydrogens (tertiary/aromatic N) is 1. The fourth-order valence-corrected chi connectivity index (χ4v) is 5.91. The van der Waals surface area contributed by atoms with Gasteiger partial charge in [-0.2, -0.15) is 0 Å². The molecule has 4 rings (SSSR count). The number of nitrogens with one attached hydrogen (secondary N) is 3. The Kier molecular flexibility index (Phi) is 7.22. The third kappa shape index (κ3) is 6.50. The molecule has 168 valence electrons. The molecule has 4 aromatic carbocycles. The van der Waals surface area contributed by atoms with E-state index in [1.807, 2.05) is 24.3 Å². The van der Waals surface area contributed by atoms with Crippen LogP contribution < -0.4 is 15.3 Å². The number of halogens is 1. The van der Waals surface area contributed by atoms with Gasteiger partial charge in [0, 0.05) is 21.5 Å². The molecular weight excluding hydrogens is 491 g/mol. The summed E-state index contributed by atoms with van der Waals surface area (Å²) in [5.41, 5.74) is 7.51. The third-order valence-corrected chi connectivity index (χ3v) is 7.92. The minimum absolute atomic E-state index is 0.880. The predicted octanol–water partition coefficient (Wildman–Crippen LogP) is 9.29. The van der Waals surface area contributed by atoms with Gasteiger partial charge in [-0.1, -0.05) is 69.0 Å². The normalized spacial score (nSPS) is 11.0. The molecule has 0 heterocycles. The maximum Gasteiger partial charge on any atom is 0.241 e. The van der Waals surface area contributed by atoms with Crippen LogP contribution in [0, 0.1) is 20.8 Å². The molecule has 0 radical (unpaired) electrons. The molecule has 3 N–H and O–H groups in total. The highest BCUT2D eigenvalue weighted by molar-refractivity contribution is 9.10. The molecule has 0 fully saturated rings. The monoisotopic (exact) mass is 518 g/mol. The lowest BCUT2D eigenvalue weighted by molar-refractivity contribution is 1.44. The fourth-order valence-electron chi connectivity index (χ4n) is 3.28. The van der Waals surface area contributed by atoms with E-state index in [0.29, 0.717) is 0 Å². The highest BCUT2D eigenvalue weighted by Crippen LogP contribution is 2.51. The summed E-state index contributed by atoms with van der Waals surface area (Å²) in [4.78, 5) is 0. The molecule has 0 aliphatic carbocycles. The molecule has 0 atom stereocenters. The molecule has 0 aromatic heterocycles. The summed E-state index contributed by atoms with van der Waals surface area (Å²) in [5.74, 6) is 0. The van der Waals surface area contributed by atoms with Gasteiger partial charge in [-0.15, -0.1) is 0 Å². The lowest BCUT2D eigenvalue weighted by Gasteiger charge is -2.30. The largest absolute Gasteiger partial charge is 0.320 e. The Labute approximate surface area is 204 Å². The molecule has 33 heavy (non-hydrogen) atoms. The van der Waals surface area contributed by atoms with Crippen LogP contribution in [0.2, 0.25) is 0 Å². The van der Waals surface area contributed by atoms with Crippen LogP contribution in [0.25, 0.3) is 0 Å². The van der Waals surface area contributed by atoms with Crippen molar-refractivity contribution in [1.82, 2.24) is 0 Å². The summed E-state index contributed by atoms with van der Waals surface area (Å²) in [5, 5.41) is 11.2. The van der Waals surface area contributed by atoms with Crippen molar-refractivity contribution >= 4 is 46.2 Å². The van der Waals surface area contributed by atoms with E-state index >= 15 is 0 Å². The summed E-state index contributed by atoms with van der Waals surface area (Å²) >= 11 is 3.53. The minimum Gasteiger partial charge on any atom is -0.320 e. The van der Waals surface area contributed by atoms with Crippen LogP contribution in [0.1, 0.15) is 16.7 Å². The molecule has 0 saturated heterocycles. The van der Waals surface area contributed by atoms with Crippen LogP contribution in [-0.4, -0.2) is 0 Å². The molecule has 0 saturated carbocycles. The lowest BCUT2D eigenvalue weighted by atomic mass is 10.2. The molecule has 0 amide bonds. The minimum atomic E-state index is -2.58. The number of hydrogen-bond acceptors (Lipinski definition) is 1. The maximum absolute atomic E-state index is 5.24. The second-order valence-electron chi connectivity index (χ2n) is 8.15. The van der Waals surface area contributed by atoms with E-state index in [-0.39, 0.29) is 0 Å².